The van der Waals surface area contributed by atoms with Crippen LogP contribution in [0.25, 0.3) is 21.6 Å². The van der Waals surface area contributed by atoms with Crippen molar-refractivity contribution in [3.8, 4) is 11.3 Å². The number of likely N-dealkylation sites (tertiary alicyclic amines) is 1. The molecule has 1 aliphatic rings. The van der Waals surface area contributed by atoms with Crippen molar-refractivity contribution in [2.45, 2.75) is 19.8 Å². The van der Waals surface area contributed by atoms with Crippen molar-refractivity contribution in [3.05, 3.63) is 72.7 Å². The van der Waals surface area contributed by atoms with Gasteiger partial charge in [-0.15, -0.1) is 0 Å². The summed E-state index contributed by atoms with van der Waals surface area (Å²) >= 11 is 1.49. The van der Waals surface area contributed by atoms with Crippen LogP contribution in [0.5, 0.6) is 0 Å². The minimum absolute atomic E-state index is 0.187. The van der Waals surface area contributed by atoms with Crippen molar-refractivity contribution < 1.29 is 4.79 Å². The topological polar surface area (TPSA) is 71.0 Å². The van der Waals surface area contributed by atoms with E-state index < -0.39 is 0 Å². The molecular formula is C24H25N5OS. The fraction of sp³-hybridized carbons (Fsp3) is 0.250. The third-order valence-electron chi connectivity index (χ3n) is 5.33. The third kappa shape index (κ3) is 4.88. The van der Waals surface area contributed by atoms with Crippen LogP contribution in [0.3, 0.4) is 0 Å². The van der Waals surface area contributed by atoms with Gasteiger partial charge in [0.05, 0.1) is 5.69 Å². The molecule has 3 aromatic rings. The van der Waals surface area contributed by atoms with Gasteiger partial charge in [0.25, 0.3) is 0 Å². The molecule has 1 amide bonds. The number of hydrogen-bond acceptors (Lipinski definition) is 6. The minimum Gasteiger partial charge on any atom is -0.346 e. The number of allylic oxidation sites excluding steroid dienone is 4. The van der Waals surface area contributed by atoms with Crippen LogP contribution < -0.4 is 5.32 Å². The highest BCUT2D eigenvalue weighted by molar-refractivity contribution is 7.21. The Bertz CT molecular complexity index is 1170. The van der Waals surface area contributed by atoms with E-state index in [0.717, 1.165) is 51.0 Å². The van der Waals surface area contributed by atoms with Crippen molar-refractivity contribution in [1.29, 1.82) is 0 Å². The van der Waals surface area contributed by atoms with Gasteiger partial charge in [0, 0.05) is 43.7 Å². The molecule has 31 heavy (non-hydrogen) atoms. The highest BCUT2D eigenvalue weighted by Crippen LogP contribution is 2.30. The molecule has 3 aromatic heterocycles. The Labute approximate surface area is 186 Å². The predicted molar refractivity (Wildman–Crippen MR) is 127 cm³/mol. The van der Waals surface area contributed by atoms with Crippen LogP contribution in [-0.2, 0) is 4.79 Å². The molecule has 158 valence electrons. The monoisotopic (exact) mass is 431 g/mol. The lowest BCUT2D eigenvalue weighted by Crippen LogP contribution is -2.36. The van der Waals surface area contributed by atoms with Gasteiger partial charge < -0.3 is 10.2 Å². The van der Waals surface area contributed by atoms with E-state index in [9.17, 15) is 4.79 Å². The summed E-state index contributed by atoms with van der Waals surface area (Å²) in [6.07, 6.45) is 11.1. The molecule has 0 bridgehead atoms. The van der Waals surface area contributed by atoms with Crippen molar-refractivity contribution in [2.24, 2.45) is 5.92 Å². The maximum atomic E-state index is 12.1. The standard InChI is InChI=1S/C24H25N5OS/c1-4-5-18(19-10-13-29(3)22(30)15-19)14-16(2)26-24-28-21-7-6-20(27-23(21)31-24)17-8-11-25-12-9-17/h4-9,11-12,14,19H,2,10,13,15H2,1,3H3,(H,26,28)/b5-4-,18-14+. The number of amides is 1. The van der Waals surface area contributed by atoms with Gasteiger partial charge in [-0.05, 0) is 55.2 Å². The number of thiazole rings is 1. The van der Waals surface area contributed by atoms with Gasteiger partial charge in [-0.1, -0.05) is 30.1 Å². The molecule has 0 radical (unpaired) electrons. The van der Waals surface area contributed by atoms with E-state index in [-0.39, 0.29) is 11.8 Å². The van der Waals surface area contributed by atoms with E-state index in [1.54, 1.807) is 17.3 Å². The van der Waals surface area contributed by atoms with Crippen molar-refractivity contribution in [2.75, 3.05) is 18.9 Å². The SMILES string of the molecule is C=C(/C=C(\C=C/C)C1CCN(C)C(=O)C1)Nc1nc2ccc(-c3ccncc3)nc2s1. The predicted octanol–water partition coefficient (Wildman–Crippen LogP) is 5.05. The number of nitrogens with zero attached hydrogens (tertiary/aromatic N) is 4. The second-order valence-electron chi connectivity index (χ2n) is 7.58. The fourth-order valence-electron chi connectivity index (χ4n) is 3.65. The van der Waals surface area contributed by atoms with E-state index in [2.05, 4.69) is 27.9 Å². The molecule has 1 unspecified atom stereocenters. The van der Waals surface area contributed by atoms with Gasteiger partial charge >= 0.3 is 0 Å². The van der Waals surface area contributed by atoms with E-state index in [4.69, 9.17) is 4.98 Å². The molecular weight excluding hydrogens is 406 g/mol. The molecule has 1 fully saturated rings. The minimum atomic E-state index is 0.187. The van der Waals surface area contributed by atoms with Crippen LogP contribution in [0.4, 0.5) is 5.13 Å². The highest BCUT2D eigenvalue weighted by atomic mass is 32.1. The number of anilines is 1. The Balaban J connectivity index is 1.52. The summed E-state index contributed by atoms with van der Waals surface area (Å²) < 4.78 is 0. The zero-order valence-corrected chi connectivity index (χ0v) is 18.5. The molecule has 7 heteroatoms. The normalized spacial score (nSPS) is 17.5. The summed E-state index contributed by atoms with van der Waals surface area (Å²) in [6, 6.07) is 7.83. The van der Waals surface area contributed by atoms with Gasteiger partial charge in [-0.25, -0.2) is 9.97 Å². The number of carbonyl (C=O) groups excluding carboxylic acids is 1. The van der Waals surface area contributed by atoms with Crippen molar-refractivity contribution in [1.82, 2.24) is 19.9 Å². The first-order chi connectivity index (χ1) is 15.0. The summed E-state index contributed by atoms with van der Waals surface area (Å²) in [5.41, 5.74) is 4.62. The van der Waals surface area contributed by atoms with E-state index in [1.807, 2.05) is 50.4 Å². The Morgan fingerprint density at radius 2 is 2.06 bits per heavy atom. The van der Waals surface area contributed by atoms with Gasteiger partial charge in [0.2, 0.25) is 5.91 Å². The Hall–Kier alpha value is -3.32. The molecule has 0 spiro atoms. The summed E-state index contributed by atoms with van der Waals surface area (Å²) in [4.78, 5) is 28.2. The first-order valence-corrected chi connectivity index (χ1v) is 11.1. The summed E-state index contributed by atoms with van der Waals surface area (Å²) in [5.74, 6) is 0.394. The van der Waals surface area contributed by atoms with Crippen LogP contribution in [0.1, 0.15) is 19.8 Å². The number of hydrogen-bond donors (Lipinski definition) is 1. The molecule has 0 aromatic carbocycles. The third-order valence-corrected chi connectivity index (χ3v) is 6.21. The molecule has 1 aliphatic heterocycles. The molecule has 0 aliphatic carbocycles. The number of pyridine rings is 2. The largest absolute Gasteiger partial charge is 0.346 e. The maximum absolute atomic E-state index is 12.1. The molecule has 1 saturated heterocycles. The number of nitrogens with one attached hydrogen (secondary N) is 1. The molecule has 0 saturated carbocycles. The average Bonchev–Trinajstić information content (AvgIpc) is 3.17. The Morgan fingerprint density at radius 3 is 2.81 bits per heavy atom. The summed E-state index contributed by atoms with van der Waals surface area (Å²) in [6.45, 7) is 6.92. The van der Waals surface area contributed by atoms with E-state index >= 15 is 0 Å². The van der Waals surface area contributed by atoms with Crippen LogP contribution in [0.2, 0.25) is 0 Å². The first kappa shape index (κ1) is 20.9. The number of rotatable bonds is 6. The lowest BCUT2D eigenvalue weighted by molar-refractivity contribution is -0.132. The van der Waals surface area contributed by atoms with Crippen LogP contribution in [-0.4, -0.2) is 39.4 Å². The molecule has 6 nitrogen and oxygen atoms in total. The smallest absolute Gasteiger partial charge is 0.222 e. The van der Waals surface area contributed by atoms with Gasteiger partial charge in [-0.3, -0.25) is 9.78 Å². The average molecular weight is 432 g/mol. The van der Waals surface area contributed by atoms with Gasteiger partial charge in [-0.2, -0.15) is 0 Å². The number of piperidine rings is 1. The summed E-state index contributed by atoms with van der Waals surface area (Å²) in [7, 11) is 1.86. The first-order valence-electron chi connectivity index (χ1n) is 10.3. The Kier molecular flexibility index (Phi) is 6.23. The van der Waals surface area contributed by atoms with E-state index in [0.29, 0.717) is 6.42 Å². The zero-order valence-electron chi connectivity index (χ0n) is 17.7. The highest BCUT2D eigenvalue weighted by Gasteiger charge is 2.25. The molecule has 4 heterocycles. The van der Waals surface area contributed by atoms with Crippen LogP contribution in [0.15, 0.2) is 72.7 Å². The van der Waals surface area contributed by atoms with Gasteiger partial charge in [0.1, 0.15) is 10.3 Å². The van der Waals surface area contributed by atoms with E-state index in [1.165, 1.54) is 11.3 Å². The zero-order chi connectivity index (χ0) is 21.8. The van der Waals surface area contributed by atoms with Crippen LogP contribution >= 0.6 is 11.3 Å². The maximum Gasteiger partial charge on any atom is 0.222 e. The second kappa shape index (κ2) is 9.22. The molecule has 4 rings (SSSR count). The molecule has 1 N–H and O–H groups in total. The van der Waals surface area contributed by atoms with Gasteiger partial charge in [0.15, 0.2) is 5.13 Å². The number of aromatic nitrogens is 3. The van der Waals surface area contributed by atoms with Crippen LogP contribution in [0, 0.1) is 5.92 Å². The van der Waals surface area contributed by atoms with Crippen molar-refractivity contribution >= 4 is 32.7 Å². The second-order valence-corrected chi connectivity index (χ2v) is 8.55. The molecule has 1 atom stereocenters. The summed E-state index contributed by atoms with van der Waals surface area (Å²) in [5, 5.41) is 4.04. The lowest BCUT2D eigenvalue weighted by Gasteiger charge is -2.29. The van der Waals surface area contributed by atoms with Crippen molar-refractivity contribution in [3.63, 3.8) is 0 Å². The lowest BCUT2D eigenvalue weighted by atomic mass is 9.88. The quantitative estimate of drug-likeness (QED) is 0.553. The number of fused-ring (bicyclic) bond motifs is 1. The number of carbonyl (C=O) groups is 1. The fourth-order valence-corrected chi connectivity index (χ4v) is 4.52. The Morgan fingerprint density at radius 1 is 1.26 bits per heavy atom.